The molecule has 0 aliphatic carbocycles. The number of aromatic nitrogens is 1. The van der Waals surface area contributed by atoms with E-state index in [1.807, 2.05) is 24.5 Å². The molecule has 2 heterocycles. The molecule has 0 unspecified atom stereocenters. The summed E-state index contributed by atoms with van der Waals surface area (Å²) >= 11 is 0. The zero-order valence-electron chi connectivity index (χ0n) is 17.3. The van der Waals surface area contributed by atoms with Gasteiger partial charge in [0, 0.05) is 24.7 Å². The quantitative estimate of drug-likeness (QED) is 0.788. The average molecular weight is 381 g/mol. The molecule has 150 valence electrons. The smallest absolute Gasteiger partial charge is 0.220 e. The minimum Gasteiger partial charge on any atom is -0.379 e. The summed E-state index contributed by atoms with van der Waals surface area (Å²) in [4.78, 5) is 16.5. The van der Waals surface area contributed by atoms with Crippen molar-refractivity contribution in [3.8, 4) is 0 Å². The normalized spacial score (nSPS) is 19.5. The van der Waals surface area contributed by atoms with Crippen LogP contribution in [0.15, 0.2) is 48.8 Å². The molecule has 0 spiro atoms. The number of carbonyl (C=O) groups excluding carboxylic acids is 1. The van der Waals surface area contributed by atoms with Crippen LogP contribution in [0.25, 0.3) is 0 Å². The number of hydrogen-bond donors (Lipinski definition) is 1. The topological polar surface area (TPSA) is 51.2 Å². The van der Waals surface area contributed by atoms with Crippen LogP contribution in [0.5, 0.6) is 0 Å². The van der Waals surface area contributed by atoms with E-state index < -0.39 is 0 Å². The fourth-order valence-electron chi connectivity index (χ4n) is 3.68. The molecule has 2 atom stereocenters. The second-order valence-corrected chi connectivity index (χ2v) is 8.83. The van der Waals surface area contributed by atoms with Crippen LogP contribution >= 0.6 is 0 Å². The first kappa shape index (κ1) is 20.5. The third-order valence-electron chi connectivity index (χ3n) is 5.48. The number of nitrogens with zero attached hydrogens (tertiary/aromatic N) is 1. The largest absolute Gasteiger partial charge is 0.379 e. The molecule has 0 radical (unpaired) electrons. The number of amides is 1. The molecule has 0 bridgehead atoms. The van der Waals surface area contributed by atoms with E-state index in [2.05, 4.69) is 55.3 Å². The third kappa shape index (κ3) is 5.90. The lowest BCUT2D eigenvalue weighted by Gasteiger charge is -2.19. The Labute approximate surface area is 168 Å². The minimum absolute atomic E-state index is 0.103. The van der Waals surface area contributed by atoms with Gasteiger partial charge in [-0.05, 0) is 53.5 Å². The highest BCUT2D eigenvalue weighted by Gasteiger charge is 2.29. The van der Waals surface area contributed by atoms with E-state index >= 15 is 0 Å². The lowest BCUT2D eigenvalue weighted by Crippen LogP contribution is -2.40. The van der Waals surface area contributed by atoms with Crippen LogP contribution in [0, 0.1) is 5.92 Å². The van der Waals surface area contributed by atoms with Crippen LogP contribution < -0.4 is 5.32 Å². The van der Waals surface area contributed by atoms with Gasteiger partial charge in [-0.25, -0.2) is 0 Å². The standard InChI is InChI=1S/C24H32N2O2/c1-24(2,3)21-9-7-18(8-10-21)5-4-6-23(27)26-22-17-28-16-20(22)15-19-11-13-25-14-12-19/h7-14,20,22H,4-6,15-17H2,1-3H3,(H,26,27)/t20-,22-/m1/s1. The van der Waals surface area contributed by atoms with Gasteiger partial charge in [0.1, 0.15) is 0 Å². The maximum Gasteiger partial charge on any atom is 0.220 e. The lowest BCUT2D eigenvalue weighted by atomic mass is 9.86. The number of ether oxygens (including phenoxy) is 1. The van der Waals surface area contributed by atoms with Crippen LogP contribution in [-0.4, -0.2) is 30.1 Å². The predicted octanol–water partition coefficient (Wildman–Crippen LogP) is 4.08. The monoisotopic (exact) mass is 380 g/mol. The Morgan fingerprint density at radius 1 is 1.07 bits per heavy atom. The molecule has 4 heteroatoms. The van der Waals surface area contributed by atoms with Crippen LogP contribution in [0.1, 0.15) is 50.3 Å². The van der Waals surface area contributed by atoms with E-state index in [9.17, 15) is 4.79 Å². The van der Waals surface area contributed by atoms with Crippen molar-refractivity contribution in [1.29, 1.82) is 0 Å². The Kier molecular flexibility index (Phi) is 6.84. The molecule has 1 aliphatic heterocycles. The molecule has 0 saturated carbocycles. The molecular weight excluding hydrogens is 348 g/mol. The summed E-state index contributed by atoms with van der Waals surface area (Å²) in [5, 5.41) is 3.18. The molecule has 1 aliphatic rings. The highest BCUT2D eigenvalue weighted by atomic mass is 16.5. The number of benzene rings is 1. The fraction of sp³-hybridized carbons (Fsp3) is 0.500. The predicted molar refractivity (Wildman–Crippen MR) is 112 cm³/mol. The Balaban J connectivity index is 1.42. The van der Waals surface area contributed by atoms with Gasteiger partial charge >= 0.3 is 0 Å². The van der Waals surface area contributed by atoms with E-state index in [0.29, 0.717) is 25.6 Å². The van der Waals surface area contributed by atoms with Crippen LogP contribution in [0.4, 0.5) is 0 Å². The maximum absolute atomic E-state index is 12.4. The van der Waals surface area contributed by atoms with Crippen molar-refractivity contribution >= 4 is 5.91 Å². The Bertz CT molecular complexity index is 750. The summed E-state index contributed by atoms with van der Waals surface area (Å²) in [6.07, 6.45) is 6.88. The Morgan fingerprint density at radius 3 is 2.46 bits per heavy atom. The number of carbonyl (C=O) groups is 1. The molecule has 1 aromatic carbocycles. The van der Waals surface area contributed by atoms with Crippen LogP contribution in [-0.2, 0) is 27.8 Å². The summed E-state index contributed by atoms with van der Waals surface area (Å²) in [5.74, 6) is 0.456. The minimum atomic E-state index is 0.103. The SMILES string of the molecule is CC(C)(C)c1ccc(CCCC(=O)N[C@@H]2COC[C@H]2Cc2ccncc2)cc1. The molecule has 3 rings (SSSR count). The van der Waals surface area contributed by atoms with Crippen molar-refractivity contribution in [2.24, 2.45) is 5.92 Å². The first-order chi connectivity index (χ1) is 13.4. The summed E-state index contributed by atoms with van der Waals surface area (Å²) in [6, 6.07) is 12.9. The van der Waals surface area contributed by atoms with E-state index in [4.69, 9.17) is 4.74 Å². The molecule has 1 amide bonds. The summed E-state index contributed by atoms with van der Waals surface area (Å²) in [6.45, 7) is 7.98. The average Bonchev–Trinajstić information content (AvgIpc) is 3.09. The van der Waals surface area contributed by atoms with Crippen molar-refractivity contribution < 1.29 is 9.53 Å². The van der Waals surface area contributed by atoms with Gasteiger partial charge in [0.15, 0.2) is 0 Å². The first-order valence-electron chi connectivity index (χ1n) is 10.3. The molecule has 2 aromatic rings. The highest BCUT2D eigenvalue weighted by molar-refractivity contribution is 5.76. The van der Waals surface area contributed by atoms with Gasteiger partial charge in [-0.1, -0.05) is 45.0 Å². The van der Waals surface area contributed by atoms with E-state index in [-0.39, 0.29) is 17.4 Å². The second-order valence-electron chi connectivity index (χ2n) is 8.83. The molecule has 1 fully saturated rings. The maximum atomic E-state index is 12.4. The van der Waals surface area contributed by atoms with Gasteiger partial charge in [-0.2, -0.15) is 0 Å². The molecular formula is C24H32N2O2. The summed E-state index contributed by atoms with van der Waals surface area (Å²) in [7, 11) is 0. The van der Waals surface area contributed by atoms with Gasteiger partial charge in [0.05, 0.1) is 19.3 Å². The number of nitrogens with one attached hydrogen (secondary N) is 1. The fourth-order valence-corrected chi connectivity index (χ4v) is 3.68. The van der Waals surface area contributed by atoms with Gasteiger partial charge < -0.3 is 10.1 Å². The van der Waals surface area contributed by atoms with E-state index in [1.165, 1.54) is 16.7 Å². The molecule has 1 aromatic heterocycles. The zero-order chi connectivity index (χ0) is 20.0. The lowest BCUT2D eigenvalue weighted by molar-refractivity contribution is -0.122. The number of hydrogen-bond acceptors (Lipinski definition) is 3. The second kappa shape index (κ2) is 9.33. The van der Waals surface area contributed by atoms with Crippen molar-refractivity contribution in [3.05, 3.63) is 65.5 Å². The van der Waals surface area contributed by atoms with Gasteiger partial charge in [-0.15, -0.1) is 0 Å². The molecule has 4 nitrogen and oxygen atoms in total. The van der Waals surface area contributed by atoms with Crippen LogP contribution in [0.2, 0.25) is 0 Å². The van der Waals surface area contributed by atoms with Crippen molar-refractivity contribution in [1.82, 2.24) is 10.3 Å². The Hall–Kier alpha value is -2.20. The summed E-state index contributed by atoms with van der Waals surface area (Å²) in [5.41, 5.74) is 4.05. The van der Waals surface area contributed by atoms with Gasteiger partial charge in [0.2, 0.25) is 5.91 Å². The number of pyridine rings is 1. The Morgan fingerprint density at radius 2 is 1.79 bits per heavy atom. The summed E-state index contributed by atoms with van der Waals surface area (Å²) < 4.78 is 5.62. The molecule has 1 N–H and O–H groups in total. The van der Waals surface area contributed by atoms with E-state index in [1.54, 1.807) is 0 Å². The van der Waals surface area contributed by atoms with Crippen LogP contribution in [0.3, 0.4) is 0 Å². The number of rotatable bonds is 7. The zero-order valence-corrected chi connectivity index (χ0v) is 17.3. The third-order valence-corrected chi connectivity index (χ3v) is 5.48. The van der Waals surface area contributed by atoms with Gasteiger partial charge in [-0.3, -0.25) is 9.78 Å². The first-order valence-corrected chi connectivity index (χ1v) is 10.3. The highest BCUT2D eigenvalue weighted by Crippen LogP contribution is 2.23. The van der Waals surface area contributed by atoms with Crippen molar-refractivity contribution in [3.63, 3.8) is 0 Å². The number of aryl methyl sites for hydroxylation is 1. The van der Waals surface area contributed by atoms with E-state index in [0.717, 1.165) is 19.3 Å². The van der Waals surface area contributed by atoms with Crippen molar-refractivity contribution in [2.75, 3.05) is 13.2 Å². The van der Waals surface area contributed by atoms with Gasteiger partial charge in [0.25, 0.3) is 0 Å². The van der Waals surface area contributed by atoms with Crippen molar-refractivity contribution in [2.45, 2.75) is 57.9 Å². The molecule has 28 heavy (non-hydrogen) atoms. The molecule has 1 saturated heterocycles.